The number of rotatable bonds is 6. The summed E-state index contributed by atoms with van der Waals surface area (Å²) in [4.78, 5) is 11.6. The summed E-state index contributed by atoms with van der Waals surface area (Å²) in [5, 5.41) is 3.20. The lowest BCUT2D eigenvalue weighted by Gasteiger charge is -2.23. The largest absolute Gasteiger partial charge is 0.351 e. The van der Waals surface area contributed by atoms with Crippen molar-refractivity contribution in [3.63, 3.8) is 0 Å². The molecule has 0 unspecified atom stereocenters. The van der Waals surface area contributed by atoms with Crippen LogP contribution in [0.3, 0.4) is 0 Å². The maximum Gasteiger partial charge on any atom is 0.226 e. The third-order valence-corrected chi connectivity index (χ3v) is 5.54. The predicted molar refractivity (Wildman–Crippen MR) is 94.1 cm³/mol. The van der Waals surface area contributed by atoms with Gasteiger partial charge < -0.3 is 5.32 Å². The molecule has 0 spiro atoms. The Kier molecular flexibility index (Phi) is 6.58. The number of hydrogen-bond acceptors (Lipinski definition) is 2. The van der Waals surface area contributed by atoms with Crippen molar-refractivity contribution in [1.29, 1.82) is 0 Å². The van der Waals surface area contributed by atoms with Crippen LogP contribution in [-0.2, 0) is 11.3 Å². The summed E-state index contributed by atoms with van der Waals surface area (Å²) >= 11 is 6.56. The Bertz CT molecular complexity index is 803. The van der Waals surface area contributed by atoms with Crippen LogP contribution in [0.1, 0.15) is 19.4 Å². The van der Waals surface area contributed by atoms with E-state index in [2.05, 4.69) is 5.32 Å². The summed E-state index contributed by atoms with van der Waals surface area (Å²) in [6.07, 6.45) is 0. The molecule has 8 heteroatoms. The smallest absolute Gasteiger partial charge is 0.226 e. The highest BCUT2D eigenvalue weighted by atomic mass is 35.5. The van der Waals surface area contributed by atoms with E-state index in [1.54, 1.807) is 38.1 Å². The summed E-state index contributed by atoms with van der Waals surface area (Å²) in [6, 6.07) is 7.13. The molecule has 2 nitrogen and oxygen atoms in total. The van der Waals surface area contributed by atoms with Crippen LogP contribution in [0.25, 0.3) is 0 Å². The lowest BCUT2D eigenvalue weighted by atomic mass is 9.95. The molecule has 1 amide bonds. The van der Waals surface area contributed by atoms with Gasteiger partial charge in [0.05, 0.1) is 10.3 Å². The molecule has 1 N–H and O–H groups in total. The van der Waals surface area contributed by atoms with E-state index in [1.165, 1.54) is 0 Å². The van der Waals surface area contributed by atoms with E-state index in [4.69, 9.17) is 11.6 Å². The molecule has 2 aromatic rings. The van der Waals surface area contributed by atoms with E-state index in [1.807, 2.05) is 0 Å². The molecule has 0 heterocycles. The number of carbonyl (C=O) groups is 1. The first kappa shape index (κ1) is 20.6. The van der Waals surface area contributed by atoms with Crippen molar-refractivity contribution in [2.24, 2.45) is 5.41 Å². The third kappa shape index (κ3) is 4.71. The second-order valence-electron chi connectivity index (χ2n) is 6.24. The van der Waals surface area contributed by atoms with Gasteiger partial charge in [-0.3, -0.25) is 4.79 Å². The standard InChI is InChI=1S/C18H16ClF4NOS/c1-18(2,17(25)24-8-10-5-3-4-6-11(10)19)9-26-16-14(22)12(20)7-13(21)15(16)23/h3-7H,8-9H2,1-2H3,(H,24,25). The topological polar surface area (TPSA) is 29.1 Å². The zero-order chi connectivity index (χ0) is 19.5. The van der Waals surface area contributed by atoms with Crippen molar-refractivity contribution < 1.29 is 22.4 Å². The second-order valence-corrected chi connectivity index (χ2v) is 7.64. The maximum absolute atomic E-state index is 13.7. The SMILES string of the molecule is CC(C)(CSc1c(F)c(F)cc(F)c1F)C(=O)NCc1ccccc1Cl. The first-order chi connectivity index (χ1) is 12.1. The van der Waals surface area contributed by atoms with E-state index in [9.17, 15) is 22.4 Å². The van der Waals surface area contributed by atoms with Crippen molar-refractivity contribution >= 4 is 29.3 Å². The fourth-order valence-electron chi connectivity index (χ4n) is 2.05. The van der Waals surface area contributed by atoms with Gasteiger partial charge in [-0.05, 0) is 11.6 Å². The van der Waals surface area contributed by atoms with E-state index >= 15 is 0 Å². The van der Waals surface area contributed by atoms with Gasteiger partial charge in [0.25, 0.3) is 0 Å². The molecule has 0 saturated heterocycles. The van der Waals surface area contributed by atoms with Crippen LogP contribution in [0.4, 0.5) is 17.6 Å². The van der Waals surface area contributed by atoms with Gasteiger partial charge in [0.1, 0.15) is 0 Å². The monoisotopic (exact) mass is 405 g/mol. The minimum atomic E-state index is -1.48. The third-order valence-electron chi connectivity index (χ3n) is 3.66. The van der Waals surface area contributed by atoms with Gasteiger partial charge in [-0.1, -0.05) is 43.6 Å². The number of hydrogen-bond donors (Lipinski definition) is 1. The first-order valence-corrected chi connectivity index (χ1v) is 8.97. The first-order valence-electron chi connectivity index (χ1n) is 7.61. The summed E-state index contributed by atoms with van der Waals surface area (Å²) in [5.74, 6) is -6.37. The average Bonchev–Trinajstić information content (AvgIpc) is 2.59. The highest BCUT2D eigenvalue weighted by Gasteiger charge is 2.30. The molecular formula is C18H16ClF4NOS. The van der Waals surface area contributed by atoms with Crippen LogP contribution in [0.15, 0.2) is 35.2 Å². The number of nitrogens with one attached hydrogen (secondary N) is 1. The van der Waals surface area contributed by atoms with E-state index in [0.717, 1.165) is 5.56 Å². The molecule has 140 valence electrons. The molecule has 0 fully saturated rings. The number of carbonyl (C=O) groups excluding carboxylic acids is 1. The van der Waals surface area contributed by atoms with Crippen LogP contribution in [0.5, 0.6) is 0 Å². The Morgan fingerprint density at radius 3 is 2.27 bits per heavy atom. The Hall–Kier alpha value is -1.73. The summed E-state index contributed by atoms with van der Waals surface area (Å²) in [7, 11) is 0. The minimum Gasteiger partial charge on any atom is -0.351 e. The van der Waals surface area contributed by atoms with Crippen LogP contribution >= 0.6 is 23.4 Å². The van der Waals surface area contributed by atoms with Crippen molar-refractivity contribution in [2.75, 3.05) is 5.75 Å². The van der Waals surface area contributed by atoms with Gasteiger partial charge >= 0.3 is 0 Å². The number of thioether (sulfide) groups is 1. The Labute approximate surface area is 157 Å². The zero-order valence-electron chi connectivity index (χ0n) is 14.0. The van der Waals surface area contributed by atoms with Crippen LogP contribution in [0, 0.1) is 28.7 Å². The molecule has 0 saturated carbocycles. The Morgan fingerprint density at radius 2 is 1.69 bits per heavy atom. The maximum atomic E-state index is 13.7. The van der Waals surface area contributed by atoms with Crippen molar-refractivity contribution in [3.8, 4) is 0 Å². The van der Waals surface area contributed by atoms with Gasteiger partial charge in [-0.15, -0.1) is 11.8 Å². The average molecular weight is 406 g/mol. The molecule has 0 aromatic heterocycles. The molecule has 2 rings (SSSR count). The van der Waals surface area contributed by atoms with Crippen LogP contribution in [0.2, 0.25) is 5.02 Å². The minimum absolute atomic E-state index is 0.0852. The van der Waals surface area contributed by atoms with Crippen molar-refractivity contribution in [3.05, 3.63) is 64.2 Å². The molecular weight excluding hydrogens is 390 g/mol. The fourth-order valence-corrected chi connectivity index (χ4v) is 3.34. The lowest BCUT2D eigenvalue weighted by molar-refractivity contribution is -0.128. The molecule has 0 aliphatic rings. The van der Waals surface area contributed by atoms with E-state index < -0.39 is 33.6 Å². The number of halogens is 5. The summed E-state index contributed by atoms with van der Waals surface area (Å²) < 4.78 is 53.9. The second kappa shape index (κ2) is 8.31. The highest BCUT2D eigenvalue weighted by molar-refractivity contribution is 7.99. The molecule has 0 bridgehead atoms. The van der Waals surface area contributed by atoms with Gasteiger partial charge in [0.2, 0.25) is 5.91 Å². The molecule has 2 aromatic carbocycles. The van der Waals surface area contributed by atoms with Gasteiger partial charge in [0, 0.05) is 23.4 Å². The zero-order valence-corrected chi connectivity index (χ0v) is 15.6. The number of amides is 1. The highest BCUT2D eigenvalue weighted by Crippen LogP contribution is 2.33. The van der Waals surface area contributed by atoms with Gasteiger partial charge in [-0.25, -0.2) is 17.6 Å². The van der Waals surface area contributed by atoms with Crippen molar-refractivity contribution in [1.82, 2.24) is 5.32 Å². The van der Waals surface area contributed by atoms with Gasteiger partial charge in [0.15, 0.2) is 23.3 Å². The summed E-state index contributed by atoms with van der Waals surface area (Å²) in [6.45, 7) is 3.31. The van der Waals surface area contributed by atoms with Gasteiger partial charge in [-0.2, -0.15) is 0 Å². The van der Waals surface area contributed by atoms with Crippen LogP contribution < -0.4 is 5.32 Å². The Balaban J connectivity index is 2.04. The molecule has 26 heavy (non-hydrogen) atoms. The normalized spacial score (nSPS) is 11.5. The van der Waals surface area contributed by atoms with E-state index in [-0.39, 0.29) is 24.3 Å². The number of benzene rings is 2. The molecule has 0 aliphatic heterocycles. The van der Waals surface area contributed by atoms with Crippen molar-refractivity contribution in [2.45, 2.75) is 25.3 Å². The predicted octanol–water partition coefficient (Wildman–Crippen LogP) is 5.33. The lowest BCUT2D eigenvalue weighted by Crippen LogP contribution is -2.38. The molecule has 0 radical (unpaired) electrons. The quantitative estimate of drug-likeness (QED) is 0.400. The molecule has 0 aliphatic carbocycles. The van der Waals surface area contributed by atoms with E-state index in [0.29, 0.717) is 16.8 Å². The fraction of sp³-hybridized carbons (Fsp3) is 0.278. The summed E-state index contributed by atoms with van der Waals surface area (Å²) in [5.41, 5.74) is -0.330. The Morgan fingerprint density at radius 1 is 1.12 bits per heavy atom. The molecule has 0 atom stereocenters. The van der Waals surface area contributed by atoms with Crippen LogP contribution in [-0.4, -0.2) is 11.7 Å².